The molecule has 0 bridgehead atoms. The van der Waals surface area contributed by atoms with E-state index in [4.69, 9.17) is 25.6 Å². The summed E-state index contributed by atoms with van der Waals surface area (Å²) in [5.41, 5.74) is 0.715. The van der Waals surface area contributed by atoms with E-state index in [0.717, 1.165) is 6.42 Å². The van der Waals surface area contributed by atoms with Crippen LogP contribution in [0.25, 0.3) is 11.4 Å². The van der Waals surface area contributed by atoms with Crippen LogP contribution < -0.4 is 9.47 Å². The Morgan fingerprint density at radius 2 is 1.94 bits per heavy atom. The molecular weight excluding hydrogens is 442 g/mol. The van der Waals surface area contributed by atoms with Gasteiger partial charge in [-0.15, -0.1) is 0 Å². The quantitative estimate of drug-likeness (QED) is 0.545. The van der Waals surface area contributed by atoms with Crippen molar-refractivity contribution in [2.75, 3.05) is 27.3 Å². The van der Waals surface area contributed by atoms with Gasteiger partial charge in [0.1, 0.15) is 0 Å². The smallest absolute Gasteiger partial charge is 0.243 e. The van der Waals surface area contributed by atoms with Crippen molar-refractivity contribution in [2.24, 2.45) is 0 Å². The molecule has 1 aromatic heterocycles. The maximum Gasteiger partial charge on any atom is 0.243 e. The molecule has 2 heterocycles. The summed E-state index contributed by atoms with van der Waals surface area (Å²) in [6.07, 6.45) is 1.45. The Bertz CT molecular complexity index is 1180. The highest BCUT2D eigenvalue weighted by Gasteiger charge is 2.33. The summed E-state index contributed by atoms with van der Waals surface area (Å²) in [7, 11) is -0.537. The van der Waals surface area contributed by atoms with Gasteiger partial charge in [0.05, 0.1) is 25.0 Å². The molecule has 0 saturated carbocycles. The first-order chi connectivity index (χ1) is 14.9. The minimum atomic E-state index is -3.66. The minimum absolute atomic E-state index is 0.178. The van der Waals surface area contributed by atoms with Crippen molar-refractivity contribution < 1.29 is 22.4 Å². The molecule has 1 saturated heterocycles. The van der Waals surface area contributed by atoms with Gasteiger partial charge in [-0.25, -0.2) is 8.42 Å². The van der Waals surface area contributed by atoms with E-state index in [1.165, 1.54) is 10.4 Å². The van der Waals surface area contributed by atoms with E-state index in [1.807, 2.05) is 6.07 Å². The van der Waals surface area contributed by atoms with Crippen LogP contribution in [0, 0.1) is 0 Å². The maximum atomic E-state index is 13.0. The van der Waals surface area contributed by atoms with Crippen LogP contribution in [-0.2, 0) is 10.0 Å². The Balaban J connectivity index is 1.55. The molecule has 4 rings (SSSR count). The van der Waals surface area contributed by atoms with Crippen LogP contribution in [0.2, 0.25) is 5.02 Å². The normalized spacial score (nSPS) is 17.5. The van der Waals surface area contributed by atoms with Crippen LogP contribution in [0.3, 0.4) is 0 Å². The van der Waals surface area contributed by atoms with Crippen LogP contribution in [-0.4, -0.2) is 50.2 Å². The third kappa shape index (κ3) is 4.39. The summed E-state index contributed by atoms with van der Waals surface area (Å²) in [5, 5.41) is 4.46. The number of hydrogen-bond acceptors (Lipinski definition) is 7. The zero-order valence-corrected chi connectivity index (χ0v) is 18.7. The van der Waals surface area contributed by atoms with Crippen molar-refractivity contribution in [3.05, 3.63) is 53.4 Å². The lowest BCUT2D eigenvalue weighted by Gasteiger charge is -2.30. The van der Waals surface area contributed by atoms with Crippen LogP contribution in [0.4, 0.5) is 0 Å². The number of rotatable bonds is 6. The zero-order valence-electron chi connectivity index (χ0n) is 17.1. The van der Waals surface area contributed by atoms with Crippen molar-refractivity contribution >= 4 is 21.6 Å². The number of piperidine rings is 1. The molecule has 0 amide bonds. The molecule has 0 unspecified atom stereocenters. The van der Waals surface area contributed by atoms with Gasteiger partial charge in [0.2, 0.25) is 21.7 Å². The largest absolute Gasteiger partial charge is 0.493 e. The number of benzene rings is 2. The highest BCUT2D eigenvalue weighted by atomic mass is 35.5. The molecule has 0 spiro atoms. The molecule has 0 radical (unpaired) electrons. The van der Waals surface area contributed by atoms with Gasteiger partial charge in [-0.2, -0.15) is 9.29 Å². The van der Waals surface area contributed by atoms with Gasteiger partial charge < -0.3 is 14.0 Å². The SMILES string of the molecule is COc1ccc(-c2noc([C@H]3CCCN(S(=O)(=O)c4cccc(Cl)c4)C3)n2)cc1OC. The van der Waals surface area contributed by atoms with Crippen molar-refractivity contribution in [2.45, 2.75) is 23.7 Å². The monoisotopic (exact) mass is 463 g/mol. The van der Waals surface area contributed by atoms with Crippen molar-refractivity contribution in [3.8, 4) is 22.9 Å². The first kappa shape index (κ1) is 21.6. The maximum absolute atomic E-state index is 13.0. The van der Waals surface area contributed by atoms with Crippen molar-refractivity contribution in [1.29, 1.82) is 0 Å². The molecule has 0 N–H and O–H groups in total. The number of ether oxygens (including phenoxy) is 2. The van der Waals surface area contributed by atoms with E-state index in [-0.39, 0.29) is 17.4 Å². The fourth-order valence-corrected chi connectivity index (χ4v) is 5.46. The second-order valence-corrected chi connectivity index (χ2v) is 9.56. The Kier molecular flexibility index (Phi) is 6.17. The number of methoxy groups -OCH3 is 2. The molecule has 164 valence electrons. The standard InChI is InChI=1S/C21H22ClN3O5S/c1-28-18-9-8-14(11-19(18)29-2)20-23-21(30-24-20)15-5-4-10-25(13-15)31(26,27)17-7-3-6-16(22)12-17/h3,6-9,11-12,15H,4-5,10,13H2,1-2H3/t15-/m0/s1. The molecule has 0 aliphatic carbocycles. The molecule has 2 aromatic carbocycles. The first-order valence-electron chi connectivity index (χ1n) is 9.74. The highest BCUT2D eigenvalue weighted by molar-refractivity contribution is 7.89. The number of nitrogens with zero attached hydrogens (tertiary/aromatic N) is 3. The first-order valence-corrected chi connectivity index (χ1v) is 11.6. The van der Waals surface area contributed by atoms with E-state index in [1.54, 1.807) is 44.6 Å². The Morgan fingerprint density at radius 3 is 2.68 bits per heavy atom. The minimum Gasteiger partial charge on any atom is -0.493 e. The average molecular weight is 464 g/mol. The molecule has 8 nitrogen and oxygen atoms in total. The molecule has 3 aromatic rings. The highest BCUT2D eigenvalue weighted by Crippen LogP contribution is 2.34. The van der Waals surface area contributed by atoms with Crippen LogP contribution in [0.5, 0.6) is 11.5 Å². The zero-order chi connectivity index (χ0) is 22.0. The summed E-state index contributed by atoms with van der Waals surface area (Å²) in [6, 6.07) is 11.6. The van der Waals surface area contributed by atoms with E-state index in [0.29, 0.717) is 46.8 Å². The summed E-state index contributed by atoms with van der Waals surface area (Å²) in [5.74, 6) is 1.79. The number of halogens is 1. The predicted molar refractivity (Wildman–Crippen MR) is 115 cm³/mol. The molecule has 31 heavy (non-hydrogen) atoms. The van der Waals surface area contributed by atoms with Gasteiger partial charge in [0.15, 0.2) is 11.5 Å². The van der Waals surface area contributed by atoms with Crippen LogP contribution in [0.15, 0.2) is 51.9 Å². The van der Waals surface area contributed by atoms with Crippen LogP contribution in [0.1, 0.15) is 24.7 Å². The summed E-state index contributed by atoms with van der Waals surface area (Å²) in [4.78, 5) is 4.70. The third-order valence-corrected chi connectivity index (χ3v) is 7.35. The van der Waals surface area contributed by atoms with E-state index < -0.39 is 10.0 Å². The molecule has 10 heteroatoms. The fourth-order valence-electron chi connectivity index (χ4n) is 3.63. The third-order valence-electron chi connectivity index (χ3n) is 5.25. The molecular formula is C21H22ClN3O5S. The molecule has 1 fully saturated rings. The molecule has 1 aliphatic heterocycles. The van der Waals surface area contributed by atoms with Crippen molar-refractivity contribution in [3.63, 3.8) is 0 Å². The summed E-state index contributed by atoms with van der Waals surface area (Å²) >= 11 is 5.98. The van der Waals surface area contributed by atoms with Gasteiger partial charge in [-0.1, -0.05) is 22.8 Å². The molecule has 1 aliphatic rings. The predicted octanol–water partition coefficient (Wildman–Crippen LogP) is 3.98. The second-order valence-electron chi connectivity index (χ2n) is 7.19. The van der Waals surface area contributed by atoms with Gasteiger partial charge in [0.25, 0.3) is 0 Å². The summed E-state index contributed by atoms with van der Waals surface area (Å²) in [6.45, 7) is 0.699. The van der Waals surface area contributed by atoms with Gasteiger partial charge in [-0.3, -0.25) is 0 Å². The Morgan fingerprint density at radius 1 is 1.13 bits per heavy atom. The summed E-state index contributed by atoms with van der Waals surface area (Å²) < 4.78 is 43.6. The average Bonchev–Trinajstić information content (AvgIpc) is 3.29. The number of aromatic nitrogens is 2. The lowest BCUT2D eigenvalue weighted by atomic mass is 10.00. The fraction of sp³-hybridized carbons (Fsp3) is 0.333. The number of sulfonamides is 1. The van der Waals surface area contributed by atoms with Crippen LogP contribution >= 0.6 is 11.6 Å². The van der Waals surface area contributed by atoms with Gasteiger partial charge >= 0.3 is 0 Å². The Labute approximate surface area is 185 Å². The molecule has 1 atom stereocenters. The van der Waals surface area contributed by atoms with Gasteiger partial charge in [-0.05, 0) is 49.2 Å². The van der Waals surface area contributed by atoms with E-state index >= 15 is 0 Å². The second kappa shape index (κ2) is 8.86. The Hall–Kier alpha value is -2.62. The number of hydrogen-bond donors (Lipinski definition) is 0. The van der Waals surface area contributed by atoms with Crippen molar-refractivity contribution in [1.82, 2.24) is 14.4 Å². The van der Waals surface area contributed by atoms with Gasteiger partial charge in [0, 0.05) is 23.7 Å². The van der Waals surface area contributed by atoms with E-state index in [9.17, 15) is 8.42 Å². The topological polar surface area (TPSA) is 94.8 Å². The lowest BCUT2D eigenvalue weighted by molar-refractivity contribution is 0.265. The van der Waals surface area contributed by atoms with E-state index in [2.05, 4.69) is 10.1 Å². The lowest BCUT2D eigenvalue weighted by Crippen LogP contribution is -2.39.